The second kappa shape index (κ2) is 7.94. The lowest BCUT2D eigenvalue weighted by Crippen LogP contribution is -2.32. The number of aliphatic carboxylic acids is 1. The van der Waals surface area contributed by atoms with Gasteiger partial charge in [0.15, 0.2) is 0 Å². The molecule has 0 aliphatic carbocycles. The lowest BCUT2D eigenvalue weighted by Gasteiger charge is -2.11. The van der Waals surface area contributed by atoms with Crippen molar-refractivity contribution in [1.82, 2.24) is 0 Å². The number of thioether (sulfide) groups is 1. The summed E-state index contributed by atoms with van der Waals surface area (Å²) < 4.78 is 0. The minimum atomic E-state index is -1.10. The van der Waals surface area contributed by atoms with Crippen LogP contribution >= 0.6 is 11.8 Å². The molecule has 0 saturated heterocycles. The Morgan fingerprint density at radius 1 is 1.13 bits per heavy atom. The van der Waals surface area contributed by atoms with E-state index in [-0.39, 0.29) is 10.9 Å². The minimum Gasteiger partial charge on any atom is -0.480 e. The molecule has 3 N–H and O–H groups in total. The molecule has 2 aromatic carbocycles. The molecule has 0 aromatic heterocycles. The van der Waals surface area contributed by atoms with Crippen LogP contribution in [0.5, 0.6) is 0 Å². The van der Waals surface area contributed by atoms with E-state index in [1.807, 2.05) is 37.3 Å². The van der Waals surface area contributed by atoms with Gasteiger partial charge in [-0.3, -0.25) is 9.59 Å². The van der Waals surface area contributed by atoms with Crippen molar-refractivity contribution in [2.45, 2.75) is 19.4 Å². The Balaban J connectivity index is 2.12. The van der Waals surface area contributed by atoms with Gasteiger partial charge in [-0.15, -0.1) is 0 Å². The Bertz CT molecular complexity index is 701. The second-order valence-electron chi connectivity index (χ2n) is 5.30. The number of hydrogen-bond acceptors (Lipinski definition) is 4. The first-order valence-corrected chi connectivity index (χ1v) is 8.25. The zero-order chi connectivity index (χ0) is 16.8. The zero-order valence-corrected chi connectivity index (χ0v) is 13.7. The first-order chi connectivity index (χ1) is 11.0. The highest BCUT2D eigenvalue weighted by Crippen LogP contribution is 2.22. The Morgan fingerprint density at radius 2 is 1.83 bits per heavy atom. The molecule has 0 aliphatic rings. The number of carbonyl (C=O) groups is 2. The number of carboxylic acids is 1. The van der Waals surface area contributed by atoms with E-state index in [0.29, 0.717) is 5.56 Å². The topological polar surface area (TPSA) is 80.4 Å². The first-order valence-electron chi connectivity index (χ1n) is 7.27. The van der Waals surface area contributed by atoms with E-state index in [4.69, 9.17) is 10.8 Å². The first kappa shape index (κ1) is 17.2. The Morgan fingerprint density at radius 3 is 2.48 bits per heavy atom. The van der Waals surface area contributed by atoms with Crippen LogP contribution in [0.25, 0.3) is 0 Å². The molecule has 5 heteroatoms. The van der Waals surface area contributed by atoms with Gasteiger partial charge in [-0.25, -0.2) is 0 Å². The number of rotatable bonds is 6. The van der Waals surface area contributed by atoms with Gasteiger partial charge in [0.25, 0.3) is 0 Å². The summed E-state index contributed by atoms with van der Waals surface area (Å²) in [6, 6.07) is 14.7. The molecule has 2 rings (SSSR count). The van der Waals surface area contributed by atoms with Crippen molar-refractivity contribution >= 4 is 22.8 Å². The average molecular weight is 329 g/mol. The third-order valence-electron chi connectivity index (χ3n) is 3.61. The molecule has 0 saturated carbocycles. The molecule has 4 nitrogen and oxygen atoms in total. The van der Waals surface area contributed by atoms with Gasteiger partial charge < -0.3 is 10.8 Å². The van der Waals surface area contributed by atoms with E-state index < -0.39 is 12.0 Å². The summed E-state index contributed by atoms with van der Waals surface area (Å²) in [6.07, 6.45) is 0.757. The third kappa shape index (κ3) is 4.68. The quantitative estimate of drug-likeness (QED) is 0.852. The Hall–Kier alpha value is -2.11. The van der Waals surface area contributed by atoms with Crippen molar-refractivity contribution in [1.29, 1.82) is 0 Å². The summed E-state index contributed by atoms with van der Waals surface area (Å²) in [5, 5.41) is 8.63. The molecule has 23 heavy (non-hydrogen) atoms. The molecular weight excluding hydrogens is 310 g/mol. The second-order valence-corrected chi connectivity index (χ2v) is 6.29. The van der Waals surface area contributed by atoms with Gasteiger partial charge in [-0.1, -0.05) is 60.3 Å². The lowest BCUT2D eigenvalue weighted by molar-refractivity contribution is -0.137. The molecule has 1 atom stereocenters. The van der Waals surface area contributed by atoms with Crippen molar-refractivity contribution in [3.8, 4) is 0 Å². The van der Waals surface area contributed by atoms with Gasteiger partial charge in [0.1, 0.15) is 6.04 Å². The summed E-state index contributed by atoms with van der Waals surface area (Å²) in [7, 11) is 0. The molecule has 1 unspecified atom stereocenters. The number of carboxylic acid groups (broad SMARTS) is 1. The fourth-order valence-electron chi connectivity index (χ4n) is 2.23. The van der Waals surface area contributed by atoms with Gasteiger partial charge in [0.05, 0.1) is 0 Å². The van der Waals surface area contributed by atoms with E-state index >= 15 is 0 Å². The zero-order valence-electron chi connectivity index (χ0n) is 12.9. The van der Waals surface area contributed by atoms with E-state index in [1.165, 1.54) is 5.56 Å². The van der Waals surface area contributed by atoms with Gasteiger partial charge in [0, 0.05) is 11.3 Å². The maximum atomic E-state index is 12.3. The van der Waals surface area contributed by atoms with E-state index in [0.717, 1.165) is 29.3 Å². The number of benzene rings is 2. The van der Waals surface area contributed by atoms with Gasteiger partial charge >= 0.3 is 5.97 Å². The molecule has 0 amide bonds. The highest BCUT2D eigenvalue weighted by Gasteiger charge is 2.17. The molecule has 2 aromatic rings. The lowest BCUT2D eigenvalue weighted by atomic mass is 9.97. The molecule has 0 heterocycles. The molecule has 120 valence electrons. The van der Waals surface area contributed by atoms with Crippen molar-refractivity contribution in [3.63, 3.8) is 0 Å². The van der Waals surface area contributed by atoms with Crippen LogP contribution in [-0.4, -0.2) is 28.0 Å². The normalized spacial score (nSPS) is 11.9. The predicted molar refractivity (Wildman–Crippen MR) is 92.8 cm³/mol. The van der Waals surface area contributed by atoms with Crippen LogP contribution in [0.4, 0.5) is 0 Å². The molecule has 0 bridgehead atoms. The van der Waals surface area contributed by atoms with Crippen LogP contribution in [0.2, 0.25) is 0 Å². The summed E-state index contributed by atoms with van der Waals surface area (Å²) in [6.45, 7) is 1.92. The van der Waals surface area contributed by atoms with Crippen molar-refractivity contribution in [2.24, 2.45) is 5.73 Å². The highest BCUT2D eigenvalue weighted by molar-refractivity contribution is 8.14. The molecule has 0 spiro atoms. The molecule has 0 fully saturated rings. The number of hydrogen-bond donors (Lipinski definition) is 2. The van der Waals surface area contributed by atoms with Crippen LogP contribution in [0, 0.1) is 6.92 Å². The van der Waals surface area contributed by atoms with E-state index in [2.05, 4.69) is 12.1 Å². The highest BCUT2D eigenvalue weighted by atomic mass is 32.2. The fraction of sp³-hybridized carbons (Fsp3) is 0.222. The molecular formula is C18H19NO3S. The van der Waals surface area contributed by atoms with Gasteiger partial charge in [0.2, 0.25) is 5.12 Å². The predicted octanol–water partition coefficient (Wildman–Crippen LogP) is 2.87. The van der Waals surface area contributed by atoms with Gasteiger partial charge in [-0.2, -0.15) is 0 Å². The SMILES string of the molecule is Cc1c(Cc2ccccc2)cccc1C(=O)SCC(N)C(=O)O. The van der Waals surface area contributed by atoms with Crippen LogP contribution in [0.15, 0.2) is 48.5 Å². The Labute approximate surface area is 139 Å². The van der Waals surface area contributed by atoms with Crippen LogP contribution in [-0.2, 0) is 11.2 Å². The summed E-state index contributed by atoms with van der Waals surface area (Å²) in [4.78, 5) is 23.0. The number of nitrogens with two attached hydrogens (primary N) is 1. The van der Waals surface area contributed by atoms with Crippen LogP contribution in [0.3, 0.4) is 0 Å². The smallest absolute Gasteiger partial charge is 0.321 e. The third-order valence-corrected chi connectivity index (χ3v) is 4.62. The van der Waals surface area contributed by atoms with E-state index in [9.17, 15) is 9.59 Å². The van der Waals surface area contributed by atoms with Crippen molar-refractivity contribution in [2.75, 3.05) is 5.75 Å². The standard InChI is InChI=1S/C18H19NO3S/c1-12-14(10-13-6-3-2-4-7-13)8-5-9-15(12)18(22)23-11-16(19)17(20)21/h2-9,16H,10-11,19H2,1H3,(H,20,21). The average Bonchev–Trinajstić information content (AvgIpc) is 2.55. The minimum absolute atomic E-state index is 0.0660. The summed E-state index contributed by atoms with van der Waals surface area (Å²) >= 11 is 0.950. The van der Waals surface area contributed by atoms with Crippen LogP contribution in [0.1, 0.15) is 27.0 Å². The Kier molecular flexibility index (Phi) is 5.96. The van der Waals surface area contributed by atoms with E-state index in [1.54, 1.807) is 6.07 Å². The van der Waals surface area contributed by atoms with Gasteiger partial charge in [-0.05, 0) is 30.0 Å². The monoisotopic (exact) mass is 329 g/mol. The molecule has 0 aliphatic heterocycles. The maximum absolute atomic E-state index is 12.3. The fourth-order valence-corrected chi connectivity index (χ4v) is 3.08. The van der Waals surface area contributed by atoms with Crippen LogP contribution < -0.4 is 5.73 Å². The summed E-state index contributed by atoms with van der Waals surface area (Å²) in [5.74, 6) is -1.03. The maximum Gasteiger partial charge on any atom is 0.321 e. The van der Waals surface area contributed by atoms with Crippen molar-refractivity contribution < 1.29 is 14.7 Å². The van der Waals surface area contributed by atoms with Crippen molar-refractivity contribution in [3.05, 3.63) is 70.8 Å². The summed E-state index contributed by atoms with van der Waals surface area (Å²) in [5.41, 5.74) is 9.25. The molecule has 0 radical (unpaired) electrons. The number of carbonyl (C=O) groups excluding carboxylic acids is 1. The largest absolute Gasteiger partial charge is 0.480 e.